The van der Waals surface area contributed by atoms with Crippen LogP contribution in [0, 0.1) is 25.7 Å². The number of aromatic nitrogens is 1. The number of aryl methyl sites for hydroxylation is 2. The number of likely N-dealkylation sites (N-methyl/N-ethyl adjacent to an activating group) is 1. The zero-order chi connectivity index (χ0) is 26.2. The van der Waals surface area contributed by atoms with E-state index in [1.807, 2.05) is 0 Å². The Balaban J connectivity index is 1.66. The highest BCUT2D eigenvalue weighted by atomic mass is 32.2. The third kappa shape index (κ3) is 5.68. The molecule has 4 rings (SSSR count). The Bertz CT molecular complexity index is 1190. The lowest BCUT2D eigenvalue weighted by molar-refractivity contribution is 0.0344. The lowest BCUT2D eigenvalue weighted by Gasteiger charge is -2.38. The number of nitrogens with one attached hydrogen (secondary N) is 1. The van der Waals surface area contributed by atoms with Crippen LogP contribution in [0.4, 0.5) is 5.69 Å². The van der Waals surface area contributed by atoms with E-state index in [4.69, 9.17) is 9.26 Å². The molecule has 2 N–H and O–H groups in total. The molecule has 11 heteroatoms. The lowest BCUT2D eigenvalue weighted by atomic mass is 9.99. The first-order chi connectivity index (χ1) is 17.0. The summed E-state index contributed by atoms with van der Waals surface area (Å²) < 4.78 is 40.0. The van der Waals surface area contributed by atoms with Crippen molar-refractivity contribution in [2.45, 2.75) is 57.6 Å². The van der Waals surface area contributed by atoms with Gasteiger partial charge in [0.2, 0.25) is 0 Å². The van der Waals surface area contributed by atoms with Crippen LogP contribution in [0.1, 0.15) is 48.5 Å². The molecule has 1 aromatic heterocycles. The minimum Gasteiger partial charge on any atom is -0.488 e. The van der Waals surface area contributed by atoms with Gasteiger partial charge in [0.15, 0.2) is 10.7 Å². The van der Waals surface area contributed by atoms with Crippen LogP contribution >= 0.6 is 0 Å². The van der Waals surface area contributed by atoms with Crippen molar-refractivity contribution in [3.63, 3.8) is 0 Å². The fourth-order valence-corrected chi connectivity index (χ4v) is 6.07. The fraction of sp³-hybridized carbons (Fsp3) is 0.600. The fourth-order valence-electron chi connectivity index (χ4n) is 4.69. The minimum absolute atomic E-state index is 0.0236. The topological polar surface area (TPSA) is 125 Å². The Morgan fingerprint density at radius 3 is 2.61 bits per heavy atom. The summed E-state index contributed by atoms with van der Waals surface area (Å²) in [6, 6.07) is 4.30. The predicted molar refractivity (Wildman–Crippen MR) is 135 cm³/mol. The van der Waals surface area contributed by atoms with E-state index in [1.165, 1.54) is 25.8 Å². The molecule has 2 heterocycles. The quantitative estimate of drug-likeness (QED) is 0.517. The molecule has 198 valence electrons. The number of aliphatic hydroxyl groups is 1. The summed E-state index contributed by atoms with van der Waals surface area (Å²) >= 11 is 0. The number of fused-ring (bicyclic) bond motifs is 1. The summed E-state index contributed by atoms with van der Waals surface area (Å²) in [4.78, 5) is 17.5. The van der Waals surface area contributed by atoms with Gasteiger partial charge in [0.1, 0.15) is 17.5 Å². The molecule has 1 aliphatic carbocycles. The maximum atomic E-state index is 13.6. The molecule has 10 nitrogen and oxygen atoms in total. The van der Waals surface area contributed by atoms with Gasteiger partial charge in [-0.2, -0.15) is 0 Å². The number of amides is 1. The summed E-state index contributed by atoms with van der Waals surface area (Å²) in [5.74, 6) is 1.02. The van der Waals surface area contributed by atoms with Crippen LogP contribution in [-0.2, 0) is 10.0 Å². The molecule has 1 saturated carbocycles. The van der Waals surface area contributed by atoms with Crippen LogP contribution in [0.15, 0.2) is 27.6 Å². The predicted octanol–water partition coefficient (Wildman–Crippen LogP) is 2.65. The second kappa shape index (κ2) is 10.4. The van der Waals surface area contributed by atoms with Gasteiger partial charge in [0, 0.05) is 31.2 Å². The molecule has 3 atom stereocenters. The summed E-state index contributed by atoms with van der Waals surface area (Å²) in [6.45, 7) is 8.88. The van der Waals surface area contributed by atoms with Crippen molar-refractivity contribution in [2.24, 2.45) is 11.8 Å². The average molecular weight is 521 g/mol. The molecule has 36 heavy (non-hydrogen) atoms. The van der Waals surface area contributed by atoms with Gasteiger partial charge >= 0.3 is 0 Å². The second-order valence-electron chi connectivity index (χ2n) is 10.3. The van der Waals surface area contributed by atoms with E-state index in [1.54, 1.807) is 30.9 Å². The van der Waals surface area contributed by atoms with E-state index in [0.29, 0.717) is 18.8 Å². The maximum absolute atomic E-state index is 13.6. The first-order valence-corrected chi connectivity index (χ1v) is 13.8. The van der Waals surface area contributed by atoms with Gasteiger partial charge in [-0.25, -0.2) is 8.42 Å². The average Bonchev–Trinajstić information content (AvgIpc) is 3.56. The zero-order valence-corrected chi connectivity index (χ0v) is 22.3. The number of ether oxygens (including phenoxy) is 1. The molecule has 0 saturated heterocycles. The van der Waals surface area contributed by atoms with Crippen molar-refractivity contribution in [3.8, 4) is 5.75 Å². The first-order valence-electron chi connectivity index (χ1n) is 12.4. The van der Waals surface area contributed by atoms with E-state index < -0.39 is 16.1 Å². The number of hydrogen-bond acceptors (Lipinski definition) is 8. The number of anilines is 1. The molecule has 1 aromatic carbocycles. The van der Waals surface area contributed by atoms with Crippen LogP contribution in [0.25, 0.3) is 0 Å². The molecule has 2 aliphatic rings. The number of carbonyl (C=O) groups is 1. The van der Waals surface area contributed by atoms with Gasteiger partial charge in [-0.05, 0) is 64.8 Å². The van der Waals surface area contributed by atoms with E-state index in [-0.39, 0.29) is 52.1 Å². The van der Waals surface area contributed by atoms with Crippen molar-refractivity contribution in [2.75, 3.05) is 38.0 Å². The molecule has 2 aromatic rings. The SMILES string of the molecule is Cc1noc(C)c1S(=O)(=O)Nc1ccc2c(c1)C(=O)N([C@@H](C)CO)C[C@@H](C)[C@@H](CN(C)CC1CC1)O2. The van der Waals surface area contributed by atoms with E-state index in [0.717, 1.165) is 12.5 Å². The number of sulfonamides is 1. The molecule has 0 spiro atoms. The normalized spacial score (nSPS) is 21.5. The number of hydrogen-bond donors (Lipinski definition) is 2. The van der Waals surface area contributed by atoms with Gasteiger partial charge < -0.3 is 24.2 Å². The summed E-state index contributed by atoms with van der Waals surface area (Å²) in [5.41, 5.74) is 0.718. The van der Waals surface area contributed by atoms with Crippen LogP contribution in [-0.4, -0.2) is 79.8 Å². The molecule has 0 bridgehead atoms. The number of benzene rings is 1. The van der Waals surface area contributed by atoms with Gasteiger partial charge in [0.25, 0.3) is 15.9 Å². The van der Waals surface area contributed by atoms with Gasteiger partial charge in [-0.15, -0.1) is 0 Å². The van der Waals surface area contributed by atoms with Gasteiger partial charge in [0.05, 0.1) is 18.2 Å². The number of carbonyl (C=O) groups excluding carboxylic acids is 1. The Morgan fingerprint density at radius 2 is 2.00 bits per heavy atom. The van der Waals surface area contributed by atoms with E-state index in [9.17, 15) is 18.3 Å². The van der Waals surface area contributed by atoms with Crippen LogP contribution in [0.2, 0.25) is 0 Å². The maximum Gasteiger partial charge on any atom is 0.267 e. The third-order valence-electron chi connectivity index (χ3n) is 6.91. The summed E-state index contributed by atoms with van der Waals surface area (Å²) in [6.07, 6.45) is 2.34. The third-order valence-corrected chi connectivity index (χ3v) is 8.54. The molecule has 0 radical (unpaired) electrons. The monoisotopic (exact) mass is 520 g/mol. The van der Waals surface area contributed by atoms with Gasteiger partial charge in [-0.3, -0.25) is 9.52 Å². The van der Waals surface area contributed by atoms with Gasteiger partial charge in [-0.1, -0.05) is 12.1 Å². The largest absolute Gasteiger partial charge is 0.488 e. The number of rotatable bonds is 9. The Morgan fingerprint density at radius 1 is 1.28 bits per heavy atom. The van der Waals surface area contributed by atoms with Crippen molar-refractivity contribution >= 4 is 21.6 Å². The highest BCUT2D eigenvalue weighted by molar-refractivity contribution is 7.92. The van der Waals surface area contributed by atoms with Crippen LogP contribution in [0.5, 0.6) is 5.75 Å². The summed E-state index contributed by atoms with van der Waals surface area (Å²) in [5, 5.41) is 13.6. The lowest BCUT2D eigenvalue weighted by Crippen LogP contribution is -2.50. The van der Waals surface area contributed by atoms with Crippen molar-refractivity contribution in [1.82, 2.24) is 15.0 Å². The number of nitrogens with zero attached hydrogens (tertiary/aromatic N) is 3. The van der Waals surface area contributed by atoms with E-state index >= 15 is 0 Å². The Kier molecular flexibility index (Phi) is 7.63. The van der Waals surface area contributed by atoms with Crippen molar-refractivity contribution < 1.29 is 27.6 Å². The molecule has 0 unspecified atom stereocenters. The summed E-state index contributed by atoms with van der Waals surface area (Å²) in [7, 11) is -1.90. The van der Waals surface area contributed by atoms with Crippen LogP contribution < -0.4 is 9.46 Å². The van der Waals surface area contributed by atoms with Crippen molar-refractivity contribution in [3.05, 3.63) is 35.2 Å². The smallest absolute Gasteiger partial charge is 0.267 e. The minimum atomic E-state index is -3.99. The highest BCUT2D eigenvalue weighted by Crippen LogP contribution is 2.33. The molecule has 1 amide bonds. The molecular weight excluding hydrogens is 484 g/mol. The zero-order valence-electron chi connectivity index (χ0n) is 21.5. The highest BCUT2D eigenvalue weighted by Gasteiger charge is 2.34. The second-order valence-corrected chi connectivity index (χ2v) is 11.9. The molecule has 1 aliphatic heterocycles. The standard InChI is InChI=1S/C25H36N4O6S/c1-15-11-29(16(2)14-30)25(31)21-10-20(27-36(32,33)24-17(3)26-35-18(24)4)8-9-22(21)34-23(15)13-28(5)12-19-6-7-19/h8-10,15-16,19,23,27,30H,6-7,11-14H2,1-5H3/t15-,16+,23-/m1/s1. The number of aliphatic hydroxyl groups excluding tert-OH is 1. The van der Waals surface area contributed by atoms with Crippen LogP contribution in [0.3, 0.4) is 0 Å². The Hall–Kier alpha value is -2.63. The Labute approximate surface area is 212 Å². The van der Waals surface area contributed by atoms with Crippen molar-refractivity contribution in [1.29, 1.82) is 0 Å². The molecular formula is C25H36N4O6S. The first kappa shape index (κ1) is 26.4. The molecule has 1 fully saturated rings. The van der Waals surface area contributed by atoms with E-state index in [2.05, 4.69) is 28.8 Å².